The third kappa shape index (κ3) is 4.70. The number of hydrogen-bond donors (Lipinski definition) is 2. The first-order valence-electron chi connectivity index (χ1n) is 12.5. The first kappa shape index (κ1) is 22.0. The molecule has 2 aliphatic rings. The van der Waals surface area contributed by atoms with Crippen LogP contribution in [0.2, 0.25) is 0 Å². The number of anilines is 1. The highest BCUT2D eigenvalue weighted by molar-refractivity contribution is 5.94. The van der Waals surface area contributed by atoms with Crippen LogP contribution in [-0.4, -0.2) is 68.2 Å². The summed E-state index contributed by atoms with van der Waals surface area (Å²) >= 11 is 0. The van der Waals surface area contributed by atoms with E-state index in [-0.39, 0.29) is 0 Å². The Kier molecular flexibility index (Phi) is 6.03. The normalized spacial score (nSPS) is 18.7. The number of nitrogens with zero attached hydrogens (tertiary/aromatic N) is 7. The average molecular weight is 474 g/mol. The van der Waals surface area contributed by atoms with E-state index >= 15 is 0 Å². The molecule has 1 atom stereocenters. The van der Waals surface area contributed by atoms with Gasteiger partial charge in [0.15, 0.2) is 5.82 Å². The molecule has 1 aromatic carbocycles. The number of benzene rings is 1. The van der Waals surface area contributed by atoms with Crippen molar-refractivity contribution in [1.29, 1.82) is 0 Å². The SMILES string of the molecule is COc1cc(-c2cn(Cc3ccc(N4CCC[C@@H](NCC5CCC5)C4)nn3)nn2)c2cn[nH]c2c1. The Bertz CT molecular complexity index is 1280. The summed E-state index contributed by atoms with van der Waals surface area (Å²) < 4.78 is 7.21. The molecular formula is C25H31N9O. The van der Waals surface area contributed by atoms with Gasteiger partial charge in [0.1, 0.15) is 11.4 Å². The molecule has 2 N–H and O–H groups in total. The van der Waals surface area contributed by atoms with Gasteiger partial charge in [0.2, 0.25) is 0 Å². The molecule has 4 heterocycles. The number of H-pyrrole nitrogens is 1. The first-order chi connectivity index (χ1) is 17.2. The van der Waals surface area contributed by atoms with E-state index < -0.39 is 0 Å². The molecule has 182 valence electrons. The largest absolute Gasteiger partial charge is 0.497 e. The summed E-state index contributed by atoms with van der Waals surface area (Å²) in [5.41, 5.74) is 3.43. The van der Waals surface area contributed by atoms with E-state index in [1.54, 1.807) is 18.0 Å². The van der Waals surface area contributed by atoms with Gasteiger partial charge in [-0.15, -0.1) is 10.2 Å². The zero-order chi connectivity index (χ0) is 23.6. The molecule has 0 spiro atoms. The molecule has 4 aromatic rings. The van der Waals surface area contributed by atoms with Crippen LogP contribution in [0.15, 0.2) is 36.7 Å². The standard InChI is InChI=1S/C25H31N9O/c1-35-20-10-21(22-13-27-29-23(22)11-20)24-16-34(32-30-24)15-19-7-8-25(31-28-19)33-9-3-6-18(14-33)26-12-17-4-2-5-17/h7-8,10-11,13,16-18,26H,2-6,9,12,14-15H2,1H3,(H,27,29)/t18-/m1/s1. The lowest BCUT2D eigenvalue weighted by atomic mass is 9.85. The smallest absolute Gasteiger partial charge is 0.151 e. The van der Waals surface area contributed by atoms with Gasteiger partial charge < -0.3 is 15.0 Å². The maximum atomic E-state index is 5.43. The molecule has 10 heteroatoms. The molecule has 0 bridgehead atoms. The van der Waals surface area contributed by atoms with Gasteiger partial charge in [0.25, 0.3) is 0 Å². The Morgan fingerprint density at radius 3 is 2.86 bits per heavy atom. The van der Waals surface area contributed by atoms with Crippen molar-refractivity contribution in [2.45, 2.75) is 44.7 Å². The lowest BCUT2D eigenvalue weighted by molar-refractivity contribution is 0.280. The van der Waals surface area contributed by atoms with Gasteiger partial charge in [-0.25, -0.2) is 4.68 Å². The quantitative estimate of drug-likeness (QED) is 0.402. The number of piperidine rings is 1. The van der Waals surface area contributed by atoms with E-state index in [1.807, 2.05) is 24.4 Å². The number of aromatic amines is 1. The first-order valence-corrected chi connectivity index (χ1v) is 12.5. The number of fused-ring (bicyclic) bond motifs is 1. The number of aromatic nitrogens is 7. The van der Waals surface area contributed by atoms with Gasteiger partial charge in [-0.3, -0.25) is 5.10 Å². The van der Waals surface area contributed by atoms with Crippen molar-refractivity contribution < 1.29 is 4.74 Å². The number of nitrogens with one attached hydrogen (secondary N) is 2. The molecule has 1 saturated carbocycles. The number of hydrogen-bond acceptors (Lipinski definition) is 8. The monoisotopic (exact) mass is 473 g/mol. The summed E-state index contributed by atoms with van der Waals surface area (Å²) in [5, 5.41) is 29.6. The second-order valence-corrected chi connectivity index (χ2v) is 9.68. The van der Waals surface area contributed by atoms with Gasteiger partial charge in [-0.1, -0.05) is 11.6 Å². The van der Waals surface area contributed by atoms with Crippen LogP contribution in [0, 0.1) is 5.92 Å². The van der Waals surface area contributed by atoms with Gasteiger partial charge in [0.05, 0.1) is 37.3 Å². The molecule has 1 saturated heterocycles. The van der Waals surface area contributed by atoms with Crippen LogP contribution in [0.3, 0.4) is 0 Å². The van der Waals surface area contributed by atoms with Gasteiger partial charge in [-0.05, 0) is 56.3 Å². The van der Waals surface area contributed by atoms with E-state index in [4.69, 9.17) is 4.74 Å². The minimum absolute atomic E-state index is 0.504. The summed E-state index contributed by atoms with van der Waals surface area (Å²) in [5.74, 6) is 2.57. The van der Waals surface area contributed by atoms with Crippen LogP contribution < -0.4 is 15.0 Å². The molecule has 2 fully saturated rings. The van der Waals surface area contributed by atoms with Crippen LogP contribution >= 0.6 is 0 Å². The van der Waals surface area contributed by atoms with Gasteiger partial charge in [0, 0.05) is 36.1 Å². The van der Waals surface area contributed by atoms with Crippen molar-refractivity contribution in [1.82, 2.24) is 40.7 Å². The van der Waals surface area contributed by atoms with E-state index in [2.05, 4.69) is 47.0 Å². The Morgan fingerprint density at radius 1 is 1.11 bits per heavy atom. The zero-order valence-corrected chi connectivity index (χ0v) is 20.0. The molecule has 0 unspecified atom stereocenters. The molecule has 6 rings (SSSR count). The molecular weight excluding hydrogens is 442 g/mol. The molecule has 1 aliphatic carbocycles. The Morgan fingerprint density at radius 2 is 2.06 bits per heavy atom. The predicted molar refractivity (Wildman–Crippen MR) is 133 cm³/mol. The molecule has 10 nitrogen and oxygen atoms in total. The summed E-state index contributed by atoms with van der Waals surface area (Å²) in [7, 11) is 1.65. The van der Waals surface area contributed by atoms with Crippen molar-refractivity contribution >= 4 is 16.7 Å². The van der Waals surface area contributed by atoms with E-state index in [1.165, 1.54) is 32.1 Å². The Hall–Kier alpha value is -3.53. The fraction of sp³-hybridized carbons (Fsp3) is 0.480. The lowest BCUT2D eigenvalue weighted by Gasteiger charge is -2.35. The minimum Gasteiger partial charge on any atom is -0.497 e. The van der Waals surface area contributed by atoms with Crippen LogP contribution in [0.5, 0.6) is 5.75 Å². The highest BCUT2D eigenvalue weighted by atomic mass is 16.5. The third-order valence-electron chi connectivity index (χ3n) is 7.28. The van der Waals surface area contributed by atoms with Crippen molar-refractivity contribution in [3.05, 3.63) is 42.4 Å². The van der Waals surface area contributed by atoms with Crippen LogP contribution in [0.1, 0.15) is 37.8 Å². The second kappa shape index (κ2) is 9.61. The third-order valence-corrected chi connectivity index (χ3v) is 7.28. The Balaban J connectivity index is 1.11. The summed E-state index contributed by atoms with van der Waals surface area (Å²) in [6.07, 6.45) is 10.3. The number of ether oxygens (including phenoxy) is 1. The fourth-order valence-corrected chi connectivity index (χ4v) is 5.01. The summed E-state index contributed by atoms with van der Waals surface area (Å²) in [6, 6.07) is 8.52. The van der Waals surface area contributed by atoms with Gasteiger partial charge in [-0.2, -0.15) is 10.2 Å². The molecule has 1 aliphatic heterocycles. The van der Waals surface area contributed by atoms with E-state index in [0.29, 0.717) is 12.6 Å². The number of rotatable bonds is 8. The lowest BCUT2D eigenvalue weighted by Crippen LogP contribution is -2.47. The van der Waals surface area contributed by atoms with E-state index in [0.717, 1.165) is 65.0 Å². The highest BCUT2D eigenvalue weighted by Gasteiger charge is 2.23. The van der Waals surface area contributed by atoms with Crippen molar-refractivity contribution in [2.24, 2.45) is 5.92 Å². The molecule has 0 amide bonds. The zero-order valence-electron chi connectivity index (χ0n) is 20.0. The molecule has 0 radical (unpaired) electrons. The molecule has 35 heavy (non-hydrogen) atoms. The maximum Gasteiger partial charge on any atom is 0.151 e. The predicted octanol–water partition coefficient (Wildman–Crippen LogP) is 3.03. The van der Waals surface area contributed by atoms with Crippen LogP contribution in [0.25, 0.3) is 22.2 Å². The summed E-state index contributed by atoms with van der Waals surface area (Å²) in [6.45, 7) is 3.69. The van der Waals surface area contributed by atoms with Crippen LogP contribution in [0.4, 0.5) is 5.82 Å². The van der Waals surface area contributed by atoms with Crippen molar-refractivity contribution in [3.63, 3.8) is 0 Å². The maximum absolute atomic E-state index is 5.43. The van der Waals surface area contributed by atoms with Crippen molar-refractivity contribution in [3.8, 4) is 17.0 Å². The number of methoxy groups -OCH3 is 1. The molecule has 3 aromatic heterocycles. The van der Waals surface area contributed by atoms with Crippen LogP contribution in [-0.2, 0) is 6.54 Å². The summed E-state index contributed by atoms with van der Waals surface area (Å²) in [4.78, 5) is 2.35. The van der Waals surface area contributed by atoms with Crippen molar-refractivity contribution in [2.75, 3.05) is 31.6 Å². The Labute approximate surface area is 204 Å². The average Bonchev–Trinajstić information content (AvgIpc) is 3.53. The topological polar surface area (TPSA) is 110 Å². The highest BCUT2D eigenvalue weighted by Crippen LogP contribution is 2.31. The fourth-order valence-electron chi connectivity index (χ4n) is 5.01. The second-order valence-electron chi connectivity index (χ2n) is 9.68. The minimum atomic E-state index is 0.504. The van der Waals surface area contributed by atoms with Gasteiger partial charge >= 0.3 is 0 Å². The van der Waals surface area contributed by atoms with E-state index in [9.17, 15) is 0 Å².